The minimum absolute atomic E-state index is 0.0345. The maximum absolute atomic E-state index is 6.04. The number of nitrogens with two attached hydrogens (primary N) is 1. The number of benzene rings is 2. The second kappa shape index (κ2) is 6.65. The highest BCUT2D eigenvalue weighted by Gasteiger charge is 2.20. The van der Waals surface area contributed by atoms with Gasteiger partial charge in [0.05, 0.1) is 29.7 Å². The highest BCUT2D eigenvalue weighted by Crippen LogP contribution is 2.32. The minimum atomic E-state index is -0.0345. The first kappa shape index (κ1) is 16.8. The van der Waals surface area contributed by atoms with Gasteiger partial charge in [-0.3, -0.25) is 0 Å². The van der Waals surface area contributed by atoms with E-state index in [2.05, 4.69) is 15.3 Å². The lowest BCUT2D eigenvalue weighted by Gasteiger charge is -2.17. The molecule has 2 aromatic heterocycles. The third-order valence-electron chi connectivity index (χ3n) is 4.73. The Labute approximate surface area is 162 Å². The number of anilines is 1. The summed E-state index contributed by atoms with van der Waals surface area (Å²) in [6.45, 7) is 2.49. The molecule has 8 heteroatoms. The van der Waals surface area contributed by atoms with Crippen molar-refractivity contribution in [2.75, 3.05) is 12.3 Å². The monoisotopic (exact) mass is 370 g/mol. The summed E-state index contributed by atoms with van der Waals surface area (Å²) in [5.41, 5.74) is 11.1. The van der Waals surface area contributed by atoms with Crippen LogP contribution in [0.25, 0.3) is 27.7 Å². The number of hydrogen-bond acceptors (Lipinski definition) is 6. The van der Waals surface area contributed by atoms with E-state index in [1.165, 1.54) is 0 Å². The van der Waals surface area contributed by atoms with Gasteiger partial charge in [-0.05, 0) is 36.1 Å². The maximum atomic E-state index is 6.04. The fourth-order valence-corrected chi connectivity index (χ4v) is 3.39. The van der Waals surface area contributed by atoms with E-state index in [1.807, 2.05) is 54.2 Å². The summed E-state index contributed by atoms with van der Waals surface area (Å²) in [6, 6.07) is 11.9. The lowest BCUT2D eigenvalue weighted by atomic mass is 9.84. The van der Waals surface area contributed by atoms with Crippen LogP contribution in [0.3, 0.4) is 0 Å². The average Bonchev–Trinajstić information content (AvgIpc) is 3.17. The van der Waals surface area contributed by atoms with Crippen LogP contribution in [0.15, 0.2) is 55.0 Å². The van der Waals surface area contributed by atoms with E-state index < -0.39 is 0 Å². The van der Waals surface area contributed by atoms with Crippen LogP contribution in [0, 0.1) is 0 Å². The van der Waals surface area contributed by atoms with E-state index in [4.69, 9.17) is 15.1 Å². The van der Waals surface area contributed by atoms with Gasteiger partial charge in [-0.15, -0.1) is 0 Å². The lowest BCUT2D eigenvalue weighted by Crippen LogP contribution is -2.18. The zero-order valence-electron chi connectivity index (χ0n) is 15.2. The summed E-state index contributed by atoms with van der Waals surface area (Å²) >= 11 is 0. The Morgan fingerprint density at radius 3 is 3.04 bits per heavy atom. The predicted octanol–water partition coefficient (Wildman–Crippen LogP) is 2.11. The third kappa shape index (κ3) is 2.88. The number of nitrogens with zero attached hydrogens (tertiary/aromatic N) is 4. The number of aromatic nitrogens is 4. The average molecular weight is 370 g/mol. The van der Waals surface area contributed by atoms with E-state index in [1.54, 1.807) is 19.9 Å². The zero-order valence-corrected chi connectivity index (χ0v) is 15.2. The molecule has 1 aliphatic heterocycles. The zero-order chi connectivity index (χ0) is 19.1. The molecule has 0 spiro atoms. The van der Waals surface area contributed by atoms with Gasteiger partial charge in [-0.2, -0.15) is 15.3 Å². The number of ether oxygens (including phenoxy) is 1. The largest absolute Gasteiger partial charge is 0.489 e. The van der Waals surface area contributed by atoms with Gasteiger partial charge >= 0.3 is 7.48 Å². The highest BCUT2D eigenvalue weighted by atomic mass is 16.5. The quantitative estimate of drug-likeness (QED) is 0.544. The van der Waals surface area contributed by atoms with Crippen molar-refractivity contribution in [3.63, 3.8) is 0 Å². The Kier molecular flexibility index (Phi) is 3.98. The molecule has 0 bridgehead atoms. The number of rotatable bonds is 2. The van der Waals surface area contributed by atoms with Gasteiger partial charge in [0, 0.05) is 29.4 Å². The molecule has 0 aliphatic carbocycles. The second-order valence-electron chi connectivity index (χ2n) is 6.77. The summed E-state index contributed by atoms with van der Waals surface area (Å²) in [6.07, 6.45) is 5.18. The molecular weight excluding hydrogens is 353 g/mol. The standard InChI is InChI=1S/C20H17BN5O2/c1-12-11-27-21-16-8-15(19(9-20(16)28-12)26-6-2-5-24-26)13-3-4-14-17(22)10-23-25-18(14)7-13/h2-10,12H,11H2,1H3,(H2,22,25). The SMILES string of the molecule is CC1CO[B]c2cc(-c3ccc4c(N)cnnc4c3)c(-n3cccn3)cc2O1. The third-order valence-corrected chi connectivity index (χ3v) is 4.73. The van der Waals surface area contributed by atoms with Crippen molar-refractivity contribution in [3.05, 3.63) is 55.0 Å². The molecule has 0 fully saturated rings. The van der Waals surface area contributed by atoms with Crippen LogP contribution in [-0.2, 0) is 4.65 Å². The molecule has 7 nitrogen and oxygen atoms in total. The maximum Gasteiger partial charge on any atom is 0.334 e. The summed E-state index contributed by atoms with van der Waals surface area (Å²) < 4.78 is 13.5. The Balaban J connectivity index is 1.73. The van der Waals surface area contributed by atoms with Gasteiger partial charge in [0.1, 0.15) is 11.9 Å². The normalized spacial score (nSPS) is 16.1. The Bertz CT molecular complexity index is 1160. The predicted molar refractivity (Wildman–Crippen MR) is 108 cm³/mol. The molecule has 0 saturated heterocycles. The molecule has 1 radical (unpaired) electrons. The molecular formula is C20H17BN5O2. The van der Waals surface area contributed by atoms with Crippen LogP contribution < -0.4 is 15.9 Å². The van der Waals surface area contributed by atoms with Gasteiger partial charge < -0.3 is 15.1 Å². The van der Waals surface area contributed by atoms with Gasteiger partial charge in [0.15, 0.2) is 0 Å². The summed E-state index contributed by atoms with van der Waals surface area (Å²) in [4.78, 5) is 0. The van der Waals surface area contributed by atoms with Crippen LogP contribution in [0.1, 0.15) is 6.92 Å². The van der Waals surface area contributed by atoms with Crippen molar-refractivity contribution in [1.29, 1.82) is 0 Å². The molecule has 28 heavy (non-hydrogen) atoms. The van der Waals surface area contributed by atoms with Crippen LogP contribution >= 0.6 is 0 Å². The Morgan fingerprint density at radius 2 is 2.18 bits per heavy atom. The molecule has 0 amide bonds. The molecule has 0 saturated carbocycles. The Morgan fingerprint density at radius 1 is 1.25 bits per heavy atom. The second-order valence-corrected chi connectivity index (χ2v) is 6.77. The van der Waals surface area contributed by atoms with E-state index in [0.29, 0.717) is 12.3 Å². The first-order valence-electron chi connectivity index (χ1n) is 9.00. The topological polar surface area (TPSA) is 88.1 Å². The van der Waals surface area contributed by atoms with Crippen molar-refractivity contribution in [1.82, 2.24) is 20.0 Å². The van der Waals surface area contributed by atoms with Crippen molar-refractivity contribution in [3.8, 4) is 22.6 Å². The fourth-order valence-electron chi connectivity index (χ4n) is 3.39. The minimum Gasteiger partial charge on any atom is -0.489 e. The van der Waals surface area contributed by atoms with Gasteiger partial charge in [0.2, 0.25) is 0 Å². The molecule has 2 N–H and O–H groups in total. The molecule has 1 unspecified atom stereocenters. The molecule has 137 valence electrons. The fraction of sp³-hybridized carbons (Fsp3) is 0.150. The first-order chi connectivity index (χ1) is 13.7. The van der Waals surface area contributed by atoms with Crippen LogP contribution in [-0.4, -0.2) is 40.2 Å². The van der Waals surface area contributed by atoms with E-state index in [0.717, 1.165) is 38.9 Å². The summed E-state index contributed by atoms with van der Waals surface area (Å²) in [5, 5.41) is 13.5. The van der Waals surface area contributed by atoms with E-state index in [9.17, 15) is 0 Å². The molecule has 4 aromatic rings. The van der Waals surface area contributed by atoms with Crippen molar-refractivity contribution >= 4 is 29.5 Å². The van der Waals surface area contributed by atoms with Gasteiger partial charge in [-0.1, -0.05) is 12.1 Å². The van der Waals surface area contributed by atoms with E-state index >= 15 is 0 Å². The number of hydrogen-bond donors (Lipinski definition) is 1. The van der Waals surface area contributed by atoms with Gasteiger partial charge in [0.25, 0.3) is 0 Å². The first-order valence-corrected chi connectivity index (χ1v) is 9.00. The lowest BCUT2D eigenvalue weighted by molar-refractivity contribution is 0.156. The number of nitrogen functional groups attached to an aromatic ring is 1. The summed E-state index contributed by atoms with van der Waals surface area (Å²) in [5.74, 6) is 0.768. The van der Waals surface area contributed by atoms with Crippen LogP contribution in [0.4, 0.5) is 5.69 Å². The van der Waals surface area contributed by atoms with Crippen molar-refractivity contribution in [2.24, 2.45) is 0 Å². The van der Waals surface area contributed by atoms with Crippen LogP contribution in [0.5, 0.6) is 5.75 Å². The highest BCUT2D eigenvalue weighted by molar-refractivity contribution is 6.48. The molecule has 5 rings (SSSR count). The van der Waals surface area contributed by atoms with E-state index in [-0.39, 0.29) is 6.10 Å². The van der Waals surface area contributed by atoms with Crippen LogP contribution in [0.2, 0.25) is 0 Å². The molecule has 1 aliphatic rings. The molecule has 3 heterocycles. The Hall–Kier alpha value is -3.39. The molecule has 1 atom stereocenters. The van der Waals surface area contributed by atoms with Crippen molar-refractivity contribution in [2.45, 2.75) is 13.0 Å². The molecule has 2 aromatic carbocycles. The smallest absolute Gasteiger partial charge is 0.334 e. The van der Waals surface area contributed by atoms with Crippen molar-refractivity contribution < 1.29 is 9.39 Å². The number of fused-ring (bicyclic) bond motifs is 2. The summed E-state index contributed by atoms with van der Waals surface area (Å²) in [7, 11) is 1.74. The van der Waals surface area contributed by atoms with Gasteiger partial charge in [-0.25, -0.2) is 4.68 Å².